The second kappa shape index (κ2) is 15.5. The minimum Gasteiger partial charge on any atom is -0.388 e. The second-order valence-electron chi connectivity index (χ2n) is 7.30. The van der Waals surface area contributed by atoms with Crippen LogP contribution in [0.5, 0.6) is 0 Å². The van der Waals surface area contributed by atoms with Crippen LogP contribution in [0.2, 0.25) is 0 Å². The summed E-state index contributed by atoms with van der Waals surface area (Å²) < 4.78 is 22.9. The van der Waals surface area contributed by atoms with E-state index in [4.69, 9.17) is 18.9 Å². The van der Waals surface area contributed by atoms with E-state index in [2.05, 4.69) is 13.2 Å². The molecular formula is C26H34O6. The molecule has 174 valence electrons. The van der Waals surface area contributed by atoms with Gasteiger partial charge in [0, 0.05) is 0 Å². The first-order valence-electron chi connectivity index (χ1n) is 10.7. The zero-order valence-corrected chi connectivity index (χ0v) is 18.4. The maximum atomic E-state index is 10.9. The lowest BCUT2D eigenvalue weighted by molar-refractivity contribution is -0.166. The molecule has 6 nitrogen and oxygen atoms in total. The molecule has 4 atom stereocenters. The van der Waals surface area contributed by atoms with Gasteiger partial charge in [0.05, 0.1) is 39.6 Å². The van der Waals surface area contributed by atoms with Crippen molar-refractivity contribution in [3.05, 3.63) is 97.1 Å². The summed E-state index contributed by atoms with van der Waals surface area (Å²) in [7, 11) is 0. The molecule has 32 heavy (non-hydrogen) atoms. The normalized spacial score (nSPS) is 14.9. The van der Waals surface area contributed by atoms with E-state index >= 15 is 0 Å². The number of hydrogen-bond acceptors (Lipinski definition) is 6. The Balaban J connectivity index is 2.04. The van der Waals surface area contributed by atoms with Gasteiger partial charge in [-0.3, -0.25) is 0 Å². The number of rotatable bonds is 17. The molecule has 0 unspecified atom stereocenters. The SMILES string of the molecule is C=CCOC[C@@H](OCc1ccccc1)[C@@H](O)[C@H](O)[C@@H](COCC=C)OCc1ccccc1. The maximum absolute atomic E-state index is 10.9. The predicted molar refractivity (Wildman–Crippen MR) is 124 cm³/mol. The summed E-state index contributed by atoms with van der Waals surface area (Å²) in [4.78, 5) is 0. The van der Waals surface area contributed by atoms with E-state index in [1.54, 1.807) is 12.2 Å². The van der Waals surface area contributed by atoms with Crippen molar-refractivity contribution in [2.45, 2.75) is 37.6 Å². The molecule has 2 aromatic carbocycles. The highest BCUT2D eigenvalue weighted by atomic mass is 16.6. The molecular weight excluding hydrogens is 408 g/mol. The third-order valence-electron chi connectivity index (χ3n) is 4.76. The van der Waals surface area contributed by atoms with Crippen molar-refractivity contribution in [2.75, 3.05) is 26.4 Å². The van der Waals surface area contributed by atoms with Gasteiger partial charge in [0.25, 0.3) is 0 Å². The van der Waals surface area contributed by atoms with Gasteiger partial charge < -0.3 is 29.2 Å². The van der Waals surface area contributed by atoms with Crippen LogP contribution in [-0.2, 0) is 32.2 Å². The van der Waals surface area contributed by atoms with Crippen molar-refractivity contribution in [2.24, 2.45) is 0 Å². The minimum atomic E-state index is -1.25. The largest absolute Gasteiger partial charge is 0.388 e. The number of hydrogen-bond donors (Lipinski definition) is 2. The maximum Gasteiger partial charge on any atom is 0.111 e. The Morgan fingerprint density at radius 2 is 1.03 bits per heavy atom. The van der Waals surface area contributed by atoms with Crippen molar-refractivity contribution < 1.29 is 29.2 Å². The van der Waals surface area contributed by atoms with E-state index in [1.807, 2.05) is 60.7 Å². The fourth-order valence-corrected chi connectivity index (χ4v) is 3.02. The lowest BCUT2D eigenvalue weighted by Gasteiger charge is -2.31. The molecule has 0 saturated carbocycles. The number of aliphatic hydroxyl groups excluding tert-OH is 2. The topological polar surface area (TPSA) is 77.4 Å². The molecule has 2 rings (SSSR count). The highest BCUT2D eigenvalue weighted by Gasteiger charge is 2.34. The molecule has 0 aliphatic rings. The van der Waals surface area contributed by atoms with Crippen LogP contribution in [0.4, 0.5) is 0 Å². The Kier molecular flexibility index (Phi) is 12.5. The smallest absolute Gasteiger partial charge is 0.111 e. The third-order valence-corrected chi connectivity index (χ3v) is 4.76. The van der Waals surface area contributed by atoms with Crippen LogP contribution in [-0.4, -0.2) is 61.1 Å². The molecule has 0 saturated heterocycles. The van der Waals surface area contributed by atoms with Gasteiger partial charge in [-0.2, -0.15) is 0 Å². The molecule has 0 aliphatic carbocycles. The van der Waals surface area contributed by atoms with Crippen LogP contribution in [0.3, 0.4) is 0 Å². The lowest BCUT2D eigenvalue weighted by atomic mass is 10.0. The molecule has 0 fully saturated rings. The lowest BCUT2D eigenvalue weighted by Crippen LogP contribution is -2.49. The highest BCUT2D eigenvalue weighted by Crippen LogP contribution is 2.16. The van der Waals surface area contributed by atoms with Gasteiger partial charge in [-0.25, -0.2) is 0 Å². The molecule has 0 amide bonds. The summed E-state index contributed by atoms with van der Waals surface area (Å²) >= 11 is 0. The van der Waals surface area contributed by atoms with Gasteiger partial charge in [0.15, 0.2) is 0 Å². The van der Waals surface area contributed by atoms with E-state index in [9.17, 15) is 10.2 Å². The van der Waals surface area contributed by atoms with Crippen LogP contribution in [0.1, 0.15) is 11.1 Å². The Bertz CT molecular complexity index is 686. The zero-order valence-electron chi connectivity index (χ0n) is 18.4. The van der Waals surface area contributed by atoms with Crippen molar-refractivity contribution in [1.29, 1.82) is 0 Å². The molecule has 0 heterocycles. The highest BCUT2D eigenvalue weighted by molar-refractivity contribution is 5.14. The first-order valence-corrected chi connectivity index (χ1v) is 10.7. The number of aliphatic hydroxyl groups is 2. The number of benzene rings is 2. The van der Waals surface area contributed by atoms with E-state index < -0.39 is 24.4 Å². The predicted octanol–water partition coefficient (Wildman–Crippen LogP) is 3.28. The van der Waals surface area contributed by atoms with Crippen molar-refractivity contribution in [3.63, 3.8) is 0 Å². The van der Waals surface area contributed by atoms with Gasteiger partial charge in [-0.1, -0.05) is 72.8 Å². The van der Waals surface area contributed by atoms with Crippen LogP contribution in [0, 0.1) is 0 Å². The zero-order chi connectivity index (χ0) is 23.0. The molecule has 2 N–H and O–H groups in total. The Morgan fingerprint density at radius 3 is 1.38 bits per heavy atom. The number of ether oxygens (including phenoxy) is 4. The van der Waals surface area contributed by atoms with Crippen molar-refractivity contribution >= 4 is 0 Å². The minimum absolute atomic E-state index is 0.0933. The van der Waals surface area contributed by atoms with Gasteiger partial charge in [-0.05, 0) is 11.1 Å². The van der Waals surface area contributed by atoms with E-state index in [0.717, 1.165) is 11.1 Å². The summed E-state index contributed by atoms with van der Waals surface area (Å²) in [6, 6.07) is 19.2. The quantitative estimate of drug-likeness (QED) is 0.289. The summed E-state index contributed by atoms with van der Waals surface area (Å²) in [5.74, 6) is 0. The van der Waals surface area contributed by atoms with Crippen molar-refractivity contribution in [3.8, 4) is 0 Å². The van der Waals surface area contributed by atoms with E-state index in [-0.39, 0.29) is 26.4 Å². The molecule has 0 bridgehead atoms. The Hall–Kier alpha value is -2.32. The van der Waals surface area contributed by atoms with Crippen LogP contribution in [0.25, 0.3) is 0 Å². The molecule has 0 spiro atoms. The summed E-state index contributed by atoms with van der Waals surface area (Å²) in [6.45, 7) is 8.62. The van der Waals surface area contributed by atoms with Gasteiger partial charge >= 0.3 is 0 Å². The second-order valence-corrected chi connectivity index (χ2v) is 7.30. The third kappa shape index (κ3) is 9.44. The van der Waals surface area contributed by atoms with Crippen LogP contribution < -0.4 is 0 Å². The van der Waals surface area contributed by atoms with E-state index in [1.165, 1.54) is 0 Å². The summed E-state index contributed by atoms with van der Waals surface area (Å²) in [5.41, 5.74) is 1.91. The van der Waals surface area contributed by atoms with Gasteiger partial charge in [0.2, 0.25) is 0 Å². The van der Waals surface area contributed by atoms with Crippen LogP contribution in [0.15, 0.2) is 86.0 Å². The Morgan fingerprint density at radius 1 is 0.656 bits per heavy atom. The molecule has 2 aromatic rings. The molecule has 0 aromatic heterocycles. The average molecular weight is 443 g/mol. The summed E-state index contributed by atoms with van der Waals surface area (Å²) in [6.07, 6.45) is -0.814. The van der Waals surface area contributed by atoms with Crippen molar-refractivity contribution in [1.82, 2.24) is 0 Å². The van der Waals surface area contributed by atoms with E-state index in [0.29, 0.717) is 13.2 Å². The molecule has 0 radical (unpaired) electrons. The van der Waals surface area contributed by atoms with Gasteiger partial charge in [-0.15, -0.1) is 13.2 Å². The first-order chi connectivity index (χ1) is 15.7. The first kappa shape index (κ1) is 25.9. The molecule has 6 heteroatoms. The summed E-state index contributed by atoms with van der Waals surface area (Å²) in [5, 5.41) is 21.9. The van der Waals surface area contributed by atoms with Gasteiger partial charge in [0.1, 0.15) is 24.4 Å². The fraction of sp³-hybridized carbons (Fsp3) is 0.385. The standard InChI is InChI=1S/C26H34O6/c1-3-15-29-19-23(31-17-21-11-7-5-8-12-21)25(27)26(28)24(20-30-16-4-2)32-18-22-13-9-6-10-14-22/h3-14,23-28H,1-2,15-20H2/t23-,24-,25-,26-/m1/s1. The van der Waals surface area contributed by atoms with Crippen LogP contribution >= 0.6 is 0 Å². The monoisotopic (exact) mass is 442 g/mol. The average Bonchev–Trinajstić information content (AvgIpc) is 2.84. The fourth-order valence-electron chi connectivity index (χ4n) is 3.02. The Labute approximate surface area is 190 Å². The molecule has 0 aliphatic heterocycles.